The van der Waals surface area contributed by atoms with E-state index in [9.17, 15) is 0 Å². The summed E-state index contributed by atoms with van der Waals surface area (Å²) in [5, 5.41) is 4.44. The van der Waals surface area contributed by atoms with E-state index in [1.54, 1.807) is 12.1 Å². The summed E-state index contributed by atoms with van der Waals surface area (Å²) in [6.45, 7) is 2.68. The standard InChI is InChI=1S/C12H13Cl2N3/c1-2-11-15-6-8(17-11)7-16-12-9(13)4-3-5-10(12)14/h3-6,16H,2,7H2,1H3,(H,15,17). The average molecular weight is 270 g/mol. The molecule has 0 saturated carbocycles. The molecule has 2 N–H and O–H groups in total. The van der Waals surface area contributed by atoms with Crippen LogP contribution < -0.4 is 5.32 Å². The molecule has 0 atom stereocenters. The van der Waals surface area contributed by atoms with Gasteiger partial charge in [0.15, 0.2) is 0 Å². The van der Waals surface area contributed by atoms with E-state index in [2.05, 4.69) is 22.2 Å². The lowest BCUT2D eigenvalue weighted by molar-refractivity contribution is 0.965. The molecule has 0 fully saturated rings. The van der Waals surface area contributed by atoms with Crippen LogP contribution in [0.5, 0.6) is 0 Å². The predicted molar refractivity (Wildman–Crippen MR) is 71.8 cm³/mol. The molecule has 1 heterocycles. The van der Waals surface area contributed by atoms with Crippen LogP contribution in [0.1, 0.15) is 18.4 Å². The molecule has 0 unspecified atom stereocenters. The molecule has 0 radical (unpaired) electrons. The summed E-state index contributed by atoms with van der Waals surface area (Å²) >= 11 is 12.1. The number of hydrogen-bond acceptors (Lipinski definition) is 2. The molecule has 2 rings (SSSR count). The van der Waals surface area contributed by atoms with Gasteiger partial charge in [0.2, 0.25) is 0 Å². The number of nitrogens with one attached hydrogen (secondary N) is 2. The molecule has 3 nitrogen and oxygen atoms in total. The van der Waals surface area contributed by atoms with Crippen LogP contribution >= 0.6 is 23.2 Å². The Labute approximate surface area is 110 Å². The number of aromatic amines is 1. The van der Waals surface area contributed by atoms with Gasteiger partial charge in [-0.3, -0.25) is 0 Å². The van der Waals surface area contributed by atoms with Crippen LogP contribution in [0.3, 0.4) is 0 Å². The van der Waals surface area contributed by atoms with Gasteiger partial charge >= 0.3 is 0 Å². The molecule has 0 aliphatic heterocycles. The summed E-state index contributed by atoms with van der Waals surface area (Å²) in [6, 6.07) is 5.43. The van der Waals surface area contributed by atoms with E-state index in [0.29, 0.717) is 16.6 Å². The van der Waals surface area contributed by atoms with Gasteiger partial charge in [-0.05, 0) is 12.1 Å². The van der Waals surface area contributed by atoms with Crippen LogP contribution in [0.25, 0.3) is 0 Å². The lowest BCUT2D eigenvalue weighted by Gasteiger charge is -2.08. The number of aryl methyl sites for hydroxylation is 1. The van der Waals surface area contributed by atoms with Gasteiger partial charge < -0.3 is 10.3 Å². The monoisotopic (exact) mass is 269 g/mol. The van der Waals surface area contributed by atoms with E-state index in [1.165, 1.54) is 0 Å². The first kappa shape index (κ1) is 12.3. The maximum Gasteiger partial charge on any atom is 0.105 e. The Bertz CT molecular complexity index is 488. The van der Waals surface area contributed by atoms with Crippen molar-refractivity contribution in [2.45, 2.75) is 19.9 Å². The maximum absolute atomic E-state index is 6.06. The Morgan fingerprint density at radius 2 is 2.00 bits per heavy atom. The van der Waals surface area contributed by atoms with Crippen molar-refractivity contribution in [2.75, 3.05) is 5.32 Å². The fraction of sp³-hybridized carbons (Fsp3) is 0.250. The van der Waals surface area contributed by atoms with Crippen LogP contribution in [0, 0.1) is 0 Å². The fourth-order valence-electron chi connectivity index (χ4n) is 1.53. The summed E-state index contributed by atoms with van der Waals surface area (Å²) in [7, 11) is 0. The molecule has 0 bridgehead atoms. The predicted octanol–water partition coefficient (Wildman–Crippen LogP) is 3.89. The van der Waals surface area contributed by atoms with Gasteiger partial charge in [-0.15, -0.1) is 0 Å². The van der Waals surface area contributed by atoms with Gasteiger partial charge in [0.1, 0.15) is 5.82 Å². The number of rotatable bonds is 4. The molecule has 0 aliphatic rings. The van der Waals surface area contributed by atoms with Gasteiger partial charge in [0.25, 0.3) is 0 Å². The van der Waals surface area contributed by atoms with Gasteiger partial charge in [-0.2, -0.15) is 0 Å². The second-order valence-electron chi connectivity index (χ2n) is 3.66. The third kappa shape index (κ3) is 2.93. The molecule has 1 aromatic carbocycles. The van der Waals surface area contributed by atoms with Crippen LogP contribution in [0.2, 0.25) is 10.0 Å². The lowest BCUT2D eigenvalue weighted by Crippen LogP contribution is -2.01. The van der Waals surface area contributed by atoms with Crippen molar-refractivity contribution in [3.63, 3.8) is 0 Å². The normalized spacial score (nSPS) is 10.5. The van der Waals surface area contributed by atoms with Crippen molar-refractivity contribution in [1.29, 1.82) is 0 Å². The SMILES string of the molecule is CCc1ncc(CNc2c(Cl)cccc2Cl)[nH]1. The Balaban J connectivity index is 2.07. The number of halogens is 2. The highest BCUT2D eigenvalue weighted by atomic mass is 35.5. The first-order valence-corrected chi connectivity index (χ1v) is 6.17. The Morgan fingerprint density at radius 3 is 2.59 bits per heavy atom. The molecular formula is C12H13Cl2N3. The summed E-state index contributed by atoms with van der Waals surface area (Å²) in [5.74, 6) is 0.979. The first-order valence-electron chi connectivity index (χ1n) is 5.41. The van der Waals surface area contributed by atoms with E-state index in [1.807, 2.05) is 12.3 Å². The summed E-state index contributed by atoms with van der Waals surface area (Å²) < 4.78 is 0. The number of anilines is 1. The molecule has 0 spiro atoms. The van der Waals surface area contributed by atoms with Crippen molar-refractivity contribution in [3.05, 3.63) is 46.0 Å². The van der Waals surface area contributed by atoms with Crippen LogP contribution in [0.4, 0.5) is 5.69 Å². The van der Waals surface area contributed by atoms with Crippen molar-refractivity contribution >= 4 is 28.9 Å². The average Bonchev–Trinajstić information content (AvgIpc) is 2.76. The molecule has 1 aromatic heterocycles. The van der Waals surface area contributed by atoms with Crippen LogP contribution in [-0.4, -0.2) is 9.97 Å². The molecule has 0 saturated heterocycles. The number of imidazole rings is 1. The van der Waals surface area contributed by atoms with Crippen molar-refractivity contribution in [3.8, 4) is 0 Å². The van der Waals surface area contributed by atoms with Gasteiger partial charge in [0.05, 0.1) is 34.2 Å². The second kappa shape index (κ2) is 5.43. The molecular weight excluding hydrogens is 257 g/mol. The lowest BCUT2D eigenvalue weighted by atomic mass is 10.3. The van der Waals surface area contributed by atoms with Crippen LogP contribution in [-0.2, 0) is 13.0 Å². The largest absolute Gasteiger partial charge is 0.377 e. The zero-order valence-corrected chi connectivity index (χ0v) is 10.9. The summed E-state index contributed by atoms with van der Waals surface area (Å²) in [5.41, 5.74) is 1.77. The minimum absolute atomic E-state index is 0.618. The number of nitrogens with zero attached hydrogens (tertiary/aromatic N) is 1. The van der Waals surface area contributed by atoms with Gasteiger partial charge in [-0.25, -0.2) is 4.98 Å². The third-order valence-corrected chi connectivity index (χ3v) is 3.06. The second-order valence-corrected chi connectivity index (χ2v) is 4.47. The number of H-pyrrole nitrogens is 1. The number of hydrogen-bond donors (Lipinski definition) is 2. The minimum atomic E-state index is 0.618. The van der Waals surface area contributed by atoms with E-state index in [-0.39, 0.29) is 0 Å². The van der Waals surface area contributed by atoms with Gasteiger partial charge in [0, 0.05) is 6.42 Å². The topological polar surface area (TPSA) is 40.7 Å². The zero-order chi connectivity index (χ0) is 12.3. The number of benzene rings is 1. The highest BCUT2D eigenvalue weighted by Gasteiger charge is 2.05. The molecule has 2 aromatic rings. The zero-order valence-electron chi connectivity index (χ0n) is 9.43. The van der Waals surface area contributed by atoms with E-state index in [0.717, 1.165) is 23.6 Å². The number of aromatic nitrogens is 2. The first-order chi connectivity index (χ1) is 8.20. The smallest absolute Gasteiger partial charge is 0.105 e. The van der Waals surface area contributed by atoms with E-state index in [4.69, 9.17) is 23.2 Å². The van der Waals surface area contributed by atoms with E-state index < -0.39 is 0 Å². The quantitative estimate of drug-likeness (QED) is 0.884. The Kier molecular flexibility index (Phi) is 3.92. The van der Waals surface area contributed by atoms with Crippen LogP contribution in [0.15, 0.2) is 24.4 Å². The molecule has 0 amide bonds. The molecule has 5 heteroatoms. The third-order valence-electron chi connectivity index (χ3n) is 2.43. The van der Waals surface area contributed by atoms with Crippen molar-refractivity contribution < 1.29 is 0 Å². The van der Waals surface area contributed by atoms with Crippen molar-refractivity contribution in [2.24, 2.45) is 0 Å². The molecule has 17 heavy (non-hydrogen) atoms. The molecule has 90 valence electrons. The summed E-state index contributed by atoms with van der Waals surface area (Å²) in [6.07, 6.45) is 2.71. The van der Waals surface area contributed by atoms with E-state index >= 15 is 0 Å². The maximum atomic E-state index is 6.06. The van der Waals surface area contributed by atoms with Gasteiger partial charge in [-0.1, -0.05) is 36.2 Å². The number of para-hydroxylation sites is 1. The highest BCUT2D eigenvalue weighted by Crippen LogP contribution is 2.29. The Hall–Kier alpha value is -1.19. The fourth-order valence-corrected chi connectivity index (χ4v) is 2.06. The Morgan fingerprint density at radius 1 is 1.29 bits per heavy atom. The highest BCUT2D eigenvalue weighted by molar-refractivity contribution is 6.39. The molecule has 0 aliphatic carbocycles. The van der Waals surface area contributed by atoms with Crippen molar-refractivity contribution in [1.82, 2.24) is 9.97 Å². The summed E-state index contributed by atoms with van der Waals surface area (Å²) in [4.78, 5) is 7.44. The minimum Gasteiger partial charge on any atom is -0.377 e.